The summed E-state index contributed by atoms with van der Waals surface area (Å²) in [6, 6.07) is 0. The fraction of sp³-hybridized carbons (Fsp3) is 1.00. The summed E-state index contributed by atoms with van der Waals surface area (Å²) >= 11 is 0. The minimum atomic E-state index is 0.409. The van der Waals surface area contributed by atoms with Gasteiger partial charge in [-0.3, -0.25) is 4.90 Å². The third-order valence-electron chi connectivity index (χ3n) is 5.96. The van der Waals surface area contributed by atoms with E-state index >= 15 is 0 Å². The number of morpholine rings is 1. The average molecular weight is 236 g/mol. The van der Waals surface area contributed by atoms with Crippen molar-refractivity contribution < 1.29 is 4.74 Å². The Balaban J connectivity index is 1.62. The van der Waals surface area contributed by atoms with Crippen LogP contribution in [0, 0.1) is 11.3 Å². The Bertz CT molecular complexity index is 333. The van der Waals surface area contributed by atoms with Crippen LogP contribution in [0.15, 0.2) is 0 Å². The van der Waals surface area contributed by atoms with Crippen LogP contribution in [-0.2, 0) is 4.74 Å². The number of nitrogens with one attached hydrogen (secondary N) is 1. The highest BCUT2D eigenvalue weighted by atomic mass is 16.5. The quantitative estimate of drug-likeness (QED) is 0.741. The van der Waals surface area contributed by atoms with Crippen LogP contribution in [0.1, 0.15) is 33.1 Å². The topological polar surface area (TPSA) is 24.5 Å². The van der Waals surface area contributed by atoms with Crippen LogP contribution in [0.25, 0.3) is 0 Å². The molecule has 1 N–H and O–H groups in total. The second-order valence-electron chi connectivity index (χ2n) is 6.79. The molecule has 5 atom stereocenters. The predicted molar refractivity (Wildman–Crippen MR) is 67.0 cm³/mol. The van der Waals surface area contributed by atoms with Crippen LogP contribution in [0.4, 0.5) is 0 Å². The van der Waals surface area contributed by atoms with Crippen LogP contribution >= 0.6 is 0 Å². The van der Waals surface area contributed by atoms with Gasteiger partial charge in [0.25, 0.3) is 0 Å². The van der Waals surface area contributed by atoms with Gasteiger partial charge in [0.15, 0.2) is 0 Å². The lowest BCUT2D eigenvalue weighted by Gasteiger charge is -2.42. The molecule has 2 aliphatic carbocycles. The molecule has 4 rings (SSSR count). The van der Waals surface area contributed by atoms with E-state index in [0.717, 1.165) is 19.0 Å². The summed E-state index contributed by atoms with van der Waals surface area (Å²) in [4.78, 5) is 2.79. The van der Waals surface area contributed by atoms with Crippen molar-refractivity contribution in [3.8, 4) is 0 Å². The summed E-state index contributed by atoms with van der Waals surface area (Å²) in [6.45, 7) is 9.25. The van der Waals surface area contributed by atoms with Crippen LogP contribution in [-0.4, -0.2) is 48.8 Å². The number of rotatable bonds is 1. The van der Waals surface area contributed by atoms with Crippen LogP contribution in [0.2, 0.25) is 0 Å². The zero-order valence-electron chi connectivity index (χ0n) is 11.0. The van der Waals surface area contributed by atoms with Gasteiger partial charge in [-0.25, -0.2) is 0 Å². The molecule has 2 saturated carbocycles. The summed E-state index contributed by atoms with van der Waals surface area (Å²) in [5.41, 5.74) is 1.18. The largest absolute Gasteiger partial charge is 0.373 e. The van der Waals surface area contributed by atoms with E-state index in [1.807, 2.05) is 0 Å². The summed E-state index contributed by atoms with van der Waals surface area (Å²) in [5.74, 6) is 0.994. The van der Waals surface area contributed by atoms with Crippen molar-refractivity contribution in [1.29, 1.82) is 0 Å². The molecule has 0 unspecified atom stereocenters. The van der Waals surface area contributed by atoms with E-state index in [4.69, 9.17) is 4.74 Å². The van der Waals surface area contributed by atoms with Crippen LogP contribution in [0.5, 0.6) is 0 Å². The Morgan fingerprint density at radius 1 is 1.18 bits per heavy atom. The molecule has 2 saturated heterocycles. The zero-order chi connectivity index (χ0) is 11.7. The van der Waals surface area contributed by atoms with Gasteiger partial charge >= 0.3 is 0 Å². The van der Waals surface area contributed by atoms with Crippen molar-refractivity contribution in [3.63, 3.8) is 0 Å². The van der Waals surface area contributed by atoms with Crippen LogP contribution < -0.4 is 5.32 Å². The fourth-order valence-corrected chi connectivity index (χ4v) is 5.56. The number of hydrogen-bond donors (Lipinski definition) is 1. The number of ether oxygens (including phenoxy) is 1. The van der Waals surface area contributed by atoms with Gasteiger partial charge in [0, 0.05) is 37.1 Å². The Labute approximate surface area is 104 Å². The summed E-state index contributed by atoms with van der Waals surface area (Å²) < 4.78 is 5.90. The van der Waals surface area contributed by atoms with Crippen molar-refractivity contribution in [2.75, 3.05) is 26.2 Å². The number of fused-ring (bicyclic) bond motifs is 1. The first kappa shape index (κ1) is 10.8. The molecule has 0 bridgehead atoms. The molecular formula is C14H24N2O. The van der Waals surface area contributed by atoms with Gasteiger partial charge in [0.1, 0.15) is 0 Å². The van der Waals surface area contributed by atoms with E-state index in [2.05, 4.69) is 24.1 Å². The summed E-state index contributed by atoms with van der Waals surface area (Å²) in [7, 11) is 0. The number of hydrogen-bond acceptors (Lipinski definition) is 3. The molecule has 0 amide bonds. The maximum Gasteiger partial charge on any atom is 0.0678 e. The molecule has 0 aromatic carbocycles. The highest BCUT2D eigenvalue weighted by molar-refractivity contribution is 5.35. The monoisotopic (exact) mass is 236 g/mol. The normalized spacial score (nSPS) is 57.9. The lowest BCUT2D eigenvalue weighted by atomic mass is 9.95. The molecule has 2 heterocycles. The molecule has 0 aromatic heterocycles. The number of piperidine rings is 1. The minimum Gasteiger partial charge on any atom is -0.373 e. The molecule has 1 spiro atoms. The second kappa shape index (κ2) is 3.25. The zero-order valence-corrected chi connectivity index (χ0v) is 11.0. The molecule has 0 aromatic rings. The van der Waals surface area contributed by atoms with E-state index in [-0.39, 0.29) is 0 Å². The lowest BCUT2D eigenvalue weighted by Crippen LogP contribution is -2.55. The maximum atomic E-state index is 5.90. The van der Waals surface area contributed by atoms with Crippen LogP contribution in [0.3, 0.4) is 0 Å². The van der Waals surface area contributed by atoms with Crippen molar-refractivity contribution in [2.24, 2.45) is 11.3 Å². The third kappa shape index (κ3) is 1.14. The van der Waals surface area contributed by atoms with Crippen molar-refractivity contribution in [3.05, 3.63) is 0 Å². The maximum absolute atomic E-state index is 5.90. The molecule has 4 aliphatic rings. The molecule has 0 radical (unpaired) electrons. The van der Waals surface area contributed by atoms with Gasteiger partial charge in [-0.2, -0.15) is 0 Å². The average Bonchev–Trinajstić information content (AvgIpc) is 2.70. The Hall–Kier alpha value is -0.120. The lowest BCUT2D eigenvalue weighted by molar-refractivity contribution is -0.0895. The van der Waals surface area contributed by atoms with Crippen molar-refractivity contribution in [1.82, 2.24) is 10.2 Å². The fourth-order valence-electron chi connectivity index (χ4n) is 5.56. The molecular weight excluding hydrogens is 212 g/mol. The Morgan fingerprint density at radius 2 is 1.94 bits per heavy atom. The summed E-state index contributed by atoms with van der Waals surface area (Å²) in [6.07, 6.45) is 5.22. The first-order chi connectivity index (χ1) is 8.19. The van der Waals surface area contributed by atoms with Gasteiger partial charge < -0.3 is 10.1 Å². The van der Waals surface area contributed by atoms with E-state index in [9.17, 15) is 0 Å². The van der Waals surface area contributed by atoms with Gasteiger partial charge in [-0.15, -0.1) is 0 Å². The number of nitrogens with zero attached hydrogens (tertiary/aromatic N) is 1. The van der Waals surface area contributed by atoms with Gasteiger partial charge in [0.05, 0.1) is 12.2 Å². The van der Waals surface area contributed by atoms with Gasteiger partial charge in [-0.05, 0) is 32.6 Å². The van der Waals surface area contributed by atoms with Crippen molar-refractivity contribution in [2.45, 2.75) is 50.9 Å². The van der Waals surface area contributed by atoms with Gasteiger partial charge in [0.2, 0.25) is 0 Å². The van der Waals surface area contributed by atoms with E-state index in [0.29, 0.717) is 23.2 Å². The molecule has 3 nitrogen and oxygen atoms in total. The molecule has 2 aliphatic heterocycles. The second-order valence-corrected chi connectivity index (χ2v) is 6.79. The first-order valence-electron chi connectivity index (χ1n) is 7.30. The third-order valence-corrected chi connectivity index (χ3v) is 5.96. The van der Waals surface area contributed by atoms with E-state index in [1.165, 1.54) is 32.4 Å². The SMILES string of the molecule is C[C@@H]1CN([C@@]23CNC[C@@]24CCC[C@@H]43)C[C@@H](C)O1. The predicted octanol–water partition coefficient (Wildman–Crippen LogP) is 1.24. The van der Waals surface area contributed by atoms with Gasteiger partial charge in [-0.1, -0.05) is 6.42 Å². The Morgan fingerprint density at radius 3 is 2.65 bits per heavy atom. The highest BCUT2D eigenvalue weighted by Gasteiger charge is 2.81. The Kier molecular flexibility index (Phi) is 2.06. The summed E-state index contributed by atoms with van der Waals surface area (Å²) in [5, 5.41) is 3.67. The highest BCUT2D eigenvalue weighted by Crippen LogP contribution is 2.75. The molecule has 96 valence electrons. The first-order valence-corrected chi connectivity index (χ1v) is 7.30. The molecule has 17 heavy (non-hydrogen) atoms. The molecule has 3 heteroatoms. The van der Waals surface area contributed by atoms with E-state index in [1.54, 1.807) is 0 Å². The smallest absolute Gasteiger partial charge is 0.0678 e. The molecule has 4 fully saturated rings. The van der Waals surface area contributed by atoms with Crippen molar-refractivity contribution >= 4 is 0 Å². The minimum absolute atomic E-state index is 0.409. The van der Waals surface area contributed by atoms with E-state index < -0.39 is 0 Å². The standard InChI is InChI=1S/C14H24N2O/c1-10-6-16(7-11(2)17-10)14-9-15-8-13(14)5-3-4-12(13)14/h10-12,15H,3-9H2,1-2H3/t10-,11-,12+,13-,14-/m1/s1.